The van der Waals surface area contributed by atoms with Crippen LogP contribution in [-0.2, 0) is 11.3 Å². The average molecular weight is 328 g/mol. The molecule has 2 aliphatic heterocycles. The Kier molecular flexibility index (Phi) is 3.66. The molecule has 1 aromatic rings. The maximum atomic E-state index is 12.9. The van der Waals surface area contributed by atoms with Crippen LogP contribution in [0, 0.1) is 6.92 Å². The Bertz CT molecular complexity index is 817. The molecule has 0 bridgehead atoms. The quantitative estimate of drug-likeness (QED) is 0.624. The molecule has 3 heterocycles. The molecule has 1 unspecified atom stereocenters. The second-order valence-corrected chi connectivity index (χ2v) is 6.62. The van der Waals surface area contributed by atoms with E-state index in [0.717, 1.165) is 16.8 Å². The Balaban J connectivity index is 2.08. The SMILES string of the molecule is C=C(C)CN1C(=O)C2C(=Nc3n(CC(=C)C)c(C)c[n+]32)N(C)C1=O. The molecule has 0 saturated carbocycles. The highest BCUT2D eigenvalue weighted by molar-refractivity contribution is 6.19. The summed E-state index contributed by atoms with van der Waals surface area (Å²) in [6, 6.07) is -0.973. The second kappa shape index (κ2) is 5.43. The Morgan fingerprint density at radius 3 is 2.46 bits per heavy atom. The number of rotatable bonds is 4. The minimum absolute atomic E-state index is 0.215. The number of hydrogen-bond acceptors (Lipinski definition) is 3. The van der Waals surface area contributed by atoms with Crippen LogP contribution in [0.2, 0.25) is 0 Å². The van der Waals surface area contributed by atoms with Gasteiger partial charge in [0.1, 0.15) is 11.9 Å². The Hall–Kier alpha value is -2.70. The fourth-order valence-electron chi connectivity index (χ4n) is 3.11. The van der Waals surface area contributed by atoms with Gasteiger partial charge < -0.3 is 0 Å². The number of aliphatic imine (C=N–C) groups is 1. The molecular weight excluding hydrogens is 306 g/mol. The van der Waals surface area contributed by atoms with Gasteiger partial charge in [-0.25, -0.2) is 13.9 Å². The number of amidine groups is 1. The molecule has 1 fully saturated rings. The van der Waals surface area contributed by atoms with E-state index in [2.05, 4.69) is 18.2 Å². The number of urea groups is 1. The largest absolute Gasteiger partial charge is 0.402 e. The van der Waals surface area contributed by atoms with Crippen molar-refractivity contribution in [2.24, 2.45) is 4.99 Å². The van der Waals surface area contributed by atoms with Crippen molar-refractivity contribution in [3.8, 4) is 0 Å². The van der Waals surface area contributed by atoms with Gasteiger partial charge in [0.05, 0.1) is 13.1 Å². The minimum Gasteiger partial charge on any atom is -0.270 e. The number of amides is 3. The minimum atomic E-state index is -0.605. The molecule has 1 aromatic heterocycles. The number of aromatic nitrogens is 2. The van der Waals surface area contributed by atoms with Crippen LogP contribution in [0.4, 0.5) is 10.7 Å². The molecule has 2 aliphatic rings. The van der Waals surface area contributed by atoms with E-state index in [0.29, 0.717) is 18.3 Å². The Morgan fingerprint density at radius 1 is 1.25 bits per heavy atom. The molecule has 1 atom stereocenters. The van der Waals surface area contributed by atoms with E-state index in [9.17, 15) is 9.59 Å². The van der Waals surface area contributed by atoms with Gasteiger partial charge >= 0.3 is 12.0 Å². The monoisotopic (exact) mass is 328 g/mol. The standard InChI is InChI=1S/C17H22N5O2/c1-10(2)7-20-12(5)9-21-13-14(18-16(20)21)19(6)17(24)22(15(13)23)8-11(3)4/h9,13H,1,3,7-8H2,2,4-6H3/q+1. The van der Waals surface area contributed by atoms with Crippen LogP contribution in [0.5, 0.6) is 0 Å². The lowest BCUT2D eigenvalue weighted by Gasteiger charge is -2.33. The molecule has 7 nitrogen and oxygen atoms in total. The van der Waals surface area contributed by atoms with Gasteiger partial charge in [0.25, 0.3) is 5.91 Å². The average Bonchev–Trinajstić information content (AvgIpc) is 2.98. The number of imidazole rings is 1. The third-order valence-corrected chi connectivity index (χ3v) is 4.18. The normalized spacial score (nSPS) is 19.3. The molecule has 0 N–H and O–H groups in total. The maximum Gasteiger partial charge on any atom is 0.402 e. The zero-order valence-corrected chi connectivity index (χ0v) is 14.5. The van der Waals surface area contributed by atoms with Gasteiger partial charge in [-0.05, 0) is 26.3 Å². The maximum absolute atomic E-state index is 12.9. The number of allylic oxidation sites excluding steroid dienone is 1. The smallest absolute Gasteiger partial charge is 0.270 e. The number of carbonyl (C=O) groups is 2. The molecule has 3 amide bonds. The molecule has 1 saturated heterocycles. The number of aryl methyl sites for hydroxylation is 1. The van der Waals surface area contributed by atoms with Crippen molar-refractivity contribution in [1.82, 2.24) is 14.4 Å². The third kappa shape index (κ3) is 2.28. The van der Waals surface area contributed by atoms with Crippen molar-refractivity contribution in [3.63, 3.8) is 0 Å². The van der Waals surface area contributed by atoms with Crippen LogP contribution in [0.25, 0.3) is 0 Å². The van der Waals surface area contributed by atoms with Crippen molar-refractivity contribution in [3.05, 3.63) is 36.2 Å². The summed E-state index contributed by atoms with van der Waals surface area (Å²) in [5.41, 5.74) is 2.74. The topological polar surface area (TPSA) is 61.8 Å². The number of imide groups is 1. The lowest BCUT2D eigenvalue weighted by molar-refractivity contribution is -0.677. The highest BCUT2D eigenvalue weighted by Crippen LogP contribution is 2.29. The van der Waals surface area contributed by atoms with Gasteiger partial charge in [-0.3, -0.25) is 14.6 Å². The first-order valence-electron chi connectivity index (χ1n) is 7.80. The molecule has 126 valence electrons. The third-order valence-electron chi connectivity index (χ3n) is 4.18. The molecule has 7 heteroatoms. The van der Waals surface area contributed by atoms with E-state index < -0.39 is 6.04 Å². The van der Waals surface area contributed by atoms with Gasteiger partial charge in [-0.1, -0.05) is 23.7 Å². The molecule has 0 spiro atoms. The van der Waals surface area contributed by atoms with Gasteiger partial charge in [0, 0.05) is 7.05 Å². The van der Waals surface area contributed by atoms with Crippen LogP contribution < -0.4 is 4.57 Å². The molecular formula is C17H22N5O2+. The highest BCUT2D eigenvalue weighted by atomic mass is 16.2. The fraction of sp³-hybridized carbons (Fsp3) is 0.412. The molecule has 24 heavy (non-hydrogen) atoms. The lowest BCUT2D eigenvalue weighted by atomic mass is 10.1. The van der Waals surface area contributed by atoms with E-state index in [4.69, 9.17) is 0 Å². The predicted octanol–water partition coefficient (Wildman–Crippen LogP) is 1.71. The van der Waals surface area contributed by atoms with Gasteiger partial charge in [-0.2, -0.15) is 0 Å². The predicted molar refractivity (Wildman–Crippen MR) is 90.0 cm³/mol. The summed E-state index contributed by atoms with van der Waals surface area (Å²) in [5.74, 6) is 0.866. The fourth-order valence-corrected chi connectivity index (χ4v) is 3.11. The zero-order chi connectivity index (χ0) is 17.8. The van der Waals surface area contributed by atoms with Crippen LogP contribution in [0.15, 0.2) is 35.5 Å². The summed E-state index contributed by atoms with van der Waals surface area (Å²) in [7, 11) is 1.65. The van der Waals surface area contributed by atoms with Crippen LogP contribution in [0.3, 0.4) is 0 Å². The summed E-state index contributed by atoms with van der Waals surface area (Å²) in [6.07, 6.45) is 1.90. The van der Waals surface area contributed by atoms with Gasteiger partial charge in [0.2, 0.25) is 11.9 Å². The first-order valence-corrected chi connectivity index (χ1v) is 7.80. The highest BCUT2D eigenvalue weighted by Gasteiger charge is 2.52. The summed E-state index contributed by atoms with van der Waals surface area (Å²) in [5, 5.41) is 0. The molecule has 0 aliphatic carbocycles. The van der Waals surface area contributed by atoms with E-state index in [1.807, 2.05) is 29.2 Å². The molecule has 3 rings (SSSR count). The van der Waals surface area contributed by atoms with E-state index in [1.165, 1.54) is 9.80 Å². The summed E-state index contributed by atoms with van der Waals surface area (Å²) in [4.78, 5) is 32.7. The van der Waals surface area contributed by atoms with Crippen molar-refractivity contribution >= 4 is 23.7 Å². The number of likely N-dealkylation sites (N-methyl/N-ethyl adjacent to an activating group) is 1. The summed E-state index contributed by atoms with van der Waals surface area (Å²) >= 11 is 0. The van der Waals surface area contributed by atoms with Crippen molar-refractivity contribution in [2.45, 2.75) is 33.4 Å². The number of fused-ring (bicyclic) bond motifs is 3. The molecule has 0 aromatic carbocycles. The van der Waals surface area contributed by atoms with E-state index in [-0.39, 0.29) is 18.5 Å². The Morgan fingerprint density at radius 2 is 1.88 bits per heavy atom. The Labute approximate surface area is 141 Å². The number of carbonyl (C=O) groups excluding carboxylic acids is 2. The lowest BCUT2D eigenvalue weighted by Crippen LogP contribution is -2.62. The zero-order valence-electron chi connectivity index (χ0n) is 14.5. The van der Waals surface area contributed by atoms with E-state index >= 15 is 0 Å². The van der Waals surface area contributed by atoms with Crippen molar-refractivity contribution in [2.75, 3.05) is 13.6 Å². The van der Waals surface area contributed by atoms with Gasteiger partial charge in [-0.15, -0.1) is 0 Å². The van der Waals surface area contributed by atoms with Gasteiger partial charge in [0.15, 0.2) is 0 Å². The number of nitrogens with zero attached hydrogens (tertiary/aromatic N) is 5. The first kappa shape index (κ1) is 16.2. The number of hydrogen-bond donors (Lipinski definition) is 0. The second-order valence-electron chi connectivity index (χ2n) is 6.62. The van der Waals surface area contributed by atoms with E-state index in [1.54, 1.807) is 14.0 Å². The van der Waals surface area contributed by atoms with Crippen LogP contribution in [0.1, 0.15) is 25.6 Å². The van der Waals surface area contributed by atoms with Crippen LogP contribution >= 0.6 is 0 Å². The van der Waals surface area contributed by atoms with Crippen molar-refractivity contribution < 1.29 is 14.2 Å². The summed E-state index contributed by atoms with van der Waals surface area (Å²) in [6.45, 7) is 14.3. The van der Waals surface area contributed by atoms with Crippen molar-refractivity contribution in [1.29, 1.82) is 0 Å². The molecule has 0 radical (unpaired) electrons. The first-order chi connectivity index (χ1) is 11.2. The summed E-state index contributed by atoms with van der Waals surface area (Å²) < 4.78 is 3.84. The van der Waals surface area contributed by atoms with Crippen LogP contribution in [-0.4, -0.2) is 45.7 Å².